The first-order chi connectivity index (χ1) is 16.1. The van der Waals surface area contributed by atoms with Crippen molar-refractivity contribution >= 4 is 16.7 Å². The van der Waals surface area contributed by atoms with Gasteiger partial charge in [0.2, 0.25) is 0 Å². The van der Waals surface area contributed by atoms with Crippen molar-refractivity contribution in [2.45, 2.75) is 96.8 Å². The van der Waals surface area contributed by atoms with Gasteiger partial charge in [-0.1, -0.05) is 70.4 Å². The first kappa shape index (κ1) is 24.2. The van der Waals surface area contributed by atoms with Crippen LogP contribution in [0.2, 0.25) is 0 Å². The second-order valence-electron chi connectivity index (χ2n) is 10.6. The number of carbonyl (C=O) groups excluding carboxylic acids is 1. The molecule has 0 radical (unpaired) electrons. The largest absolute Gasteiger partial charge is 0.426 e. The van der Waals surface area contributed by atoms with Gasteiger partial charge in [-0.05, 0) is 85.9 Å². The summed E-state index contributed by atoms with van der Waals surface area (Å²) in [5.74, 6) is 2.79. The van der Waals surface area contributed by atoms with Crippen LogP contribution in [0.25, 0.3) is 10.8 Å². The molecule has 180 valence electrons. The standard InChI is InChI=1S/C30H41FO2/c1-2-3-4-5-6-8-22-11-13-23(14-12-22)24-15-17-25(18-16-24)30(32)33-27-19-20-28-26(21-27)9-7-10-29(28)31/h7,9-10,19-25H,2-6,8,11-18H2,1H3. The molecule has 2 nitrogen and oxygen atoms in total. The molecule has 0 saturated heterocycles. The van der Waals surface area contributed by atoms with Gasteiger partial charge < -0.3 is 4.74 Å². The number of ether oxygens (including phenoxy) is 1. The number of rotatable bonds is 9. The van der Waals surface area contributed by atoms with E-state index in [-0.39, 0.29) is 17.7 Å². The van der Waals surface area contributed by atoms with E-state index in [1.807, 2.05) is 6.07 Å². The second-order valence-corrected chi connectivity index (χ2v) is 10.6. The molecule has 0 aliphatic heterocycles. The van der Waals surface area contributed by atoms with Crippen LogP contribution in [0.15, 0.2) is 36.4 Å². The number of unbranched alkanes of at least 4 members (excludes halogenated alkanes) is 4. The minimum atomic E-state index is -0.246. The third-order valence-corrected chi connectivity index (χ3v) is 8.40. The van der Waals surface area contributed by atoms with E-state index in [1.54, 1.807) is 24.3 Å². The molecule has 0 aromatic heterocycles. The van der Waals surface area contributed by atoms with Gasteiger partial charge in [0.1, 0.15) is 11.6 Å². The van der Waals surface area contributed by atoms with Crippen molar-refractivity contribution in [1.82, 2.24) is 0 Å². The van der Waals surface area contributed by atoms with Crippen molar-refractivity contribution in [2.24, 2.45) is 23.7 Å². The molecule has 4 rings (SSSR count). The fraction of sp³-hybridized carbons (Fsp3) is 0.633. The zero-order chi connectivity index (χ0) is 23.0. The Bertz CT molecular complexity index is 891. The SMILES string of the molecule is CCCCCCCC1CCC(C2CCC(C(=O)Oc3ccc4c(F)cccc4c3)CC2)CC1. The summed E-state index contributed by atoms with van der Waals surface area (Å²) >= 11 is 0. The quantitative estimate of drug-likeness (QED) is 0.216. The molecule has 33 heavy (non-hydrogen) atoms. The van der Waals surface area contributed by atoms with E-state index in [2.05, 4.69) is 6.92 Å². The summed E-state index contributed by atoms with van der Waals surface area (Å²) in [5, 5.41) is 1.32. The van der Waals surface area contributed by atoms with Crippen molar-refractivity contribution in [3.8, 4) is 5.75 Å². The molecule has 0 spiro atoms. The van der Waals surface area contributed by atoms with Crippen LogP contribution in [-0.2, 0) is 4.79 Å². The Labute approximate surface area is 199 Å². The van der Waals surface area contributed by atoms with Crippen LogP contribution < -0.4 is 4.74 Å². The van der Waals surface area contributed by atoms with E-state index in [4.69, 9.17) is 4.74 Å². The fourth-order valence-electron chi connectivity index (χ4n) is 6.30. The number of halogens is 1. The van der Waals surface area contributed by atoms with Crippen LogP contribution in [0.5, 0.6) is 5.75 Å². The highest BCUT2D eigenvalue weighted by Gasteiger charge is 2.33. The Morgan fingerprint density at radius 2 is 1.58 bits per heavy atom. The van der Waals surface area contributed by atoms with Crippen molar-refractivity contribution in [3.63, 3.8) is 0 Å². The van der Waals surface area contributed by atoms with Gasteiger partial charge in [-0.25, -0.2) is 4.39 Å². The lowest BCUT2D eigenvalue weighted by Gasteiger charge is -2.37. The van der Waals surface area contributed by atoms with E-state index in [9.17, 15) is 9.18 Å². The highest BCUT2D eigenvalue weighted by molar-refractivity contribution is 5.85. The monoisotopic (exact) mass is 452 g/mol. The van der Waals surface area contributed by atoms with Crippen LogP contribution in [0.1, 0.15) is 96.8 Å². The lowest BCUT2D eigenvalue weighted by Crippen LogP contribution is -2.30. The molecule has 2 aliphatic rings. The minimum Gasteiger partial charge on any atom is -0.426 e. The lowest BCUT2D eigenvalue weighted by molar-refractivity contribution is -0.140. The summed E-state index contributed by atoms with van der Waals surface area (Å²) in [6.45, 7) is 2.28. The van der Waals surface area contributed by atoms with Crippen LogP contribution >= 0.6 is 0 Å². The molecule has 2 aromatic rings. The predicted molar refractivity (Wildman–Crippen MR) is 134 cm³/mol. The first-order valence-corrected chi connectivity index (χ1v) is 13.5. The Morgan fingerprint density at radius 3 is 2.30 bits per heavy atom. The predicted octanol–water partition coefficient (Wildman–Crippen LogP) is 8.86. The molecule has 0 heterocycles. The topological polar surface area (TPSA) is 26.3 Å². The molecule has 2 saturated carbocycles. The maximum Gasteiger partial charge on any atom is 0.314 e. The number of benzene rings is 2. The molecule has 0 unspecified atom stereocenters. The van der Waals surface area contributed by atoms with Gasteiger partial charge in [0, 0.05) is 5.39 Å². The van der Waals surface area contributed by atoms with E-state index < -0.39 is 0 Å². The second kappa shape index (κ2) is 12.0. The highest BCUT2D eigenvalue weighted by atomic mass is 19.1. The van der Waals surface area contributed by atoms with Gasteiger partial charge in [-0.3, -0.25) is 4.79 Å². The van der Waals surface area contributed by atoms with Crippen molar-refractivity contribution in [3.05, 3.63) is 42.2 Å². The summed E-state index contributed by atoms with van der Waals surface area (Å²) < 4.78 is 19.6. The Morgan fingerprint density at radius 1 is 0.879 bits per heavy atom. The van der Waals surface area contributed by atoms with E-state index in [0.29, 0.717) is 11.1 Å². The van der Waals surface area contributed by atoms with E-state index >= 15 is 0 Å². The molecule has 0 atom stereocenters. The normalized spacial score (nSPS) is 25.8. The smallest absolute Gasteiger partial charge is 0.314 e. The van der Waals surface area contributed by atoms with Crippen LogP contribution in [0.3, 0.4) is 0 Å². The Balaban J connectivity index is 1.18. The zero-order valence-corrected chi connectivity index (χ0v) is 20.4. The van der Waals surface area contributed by atoms with Gasteiger partial charge in [-0.2, -0.15) is 0 Å². The van der Waals surface area contributed by atoms with Gasteiger partial charge in [0.15, 0.2) is 0 Å². The summed E-state index contributed by atoms with van der Waals surface area (Å²) in [6.07, 6.45) is 18.3. The number of hydrogen-bond donors (Lipinski definition) is 0. The molecule has 2 fully saturated rings. The summed E-state index contributed by atoms with van der Waals surface area (Å²) in [5.41, 5.74) is 0. The lowest BCUT2D eigenvalue weighted by atomic mass is 9.68. The fourth-order valence-corrected chi connectivity index (χ4v) is 6.30. The van der Waals surface area contributed by atoms with E-state index in [0.717, 1.165) is 48.8 Å². The molecule has 2 aromatic carbocycles. The summed E-state index contributed by atoms with van der Waals surface area (Å²) in [4.78, 5) is 12.8. The molecule has 0 amide bonds. The van der Waals surface area contributed by atoms with Crippen molar-refractivity contribution in [1.29, 1.82) is 0 Å². The number of fused-ring (bicyclic) bond motifs is 1. The van der Waals surface area contributed by atoms with Crippen LogP contribution in [0.4, 0.5) is 4.39 Å². The third kappa shape index (κ3) is 6.58. The molecule has 2 aliphatic carbocycles. The molecule has 0 N–H and O–H groups in total. The number of carbonyl (C=O) groups is 1. The van der Waals surface area contributed by atoms with Crippen LogP contribution in [0, 0.1) is 29.5 Å². The third-order valence-electron chi connectivity index (χ3n) is 8.40. The van der Waals surface area contributed by atoms with Gasteiger partial charge in [-0.15, -0.1) is 0 Å². The Hall–Kier alpha value is -1.90. The zero-order valence-electron chi connectivity index (χ0n) is 20.4. The van der Waals surface area contributed by atoms with Crippen molar-refractivity contribution in [2.75, 3.05) is 0 Å². The maximum absolute atomic E-state index is 13.9. The van der Waals surface area contributed by atoms with Gasteiger partial charge in [0.25, 0.3) is 0 Å². The maximum atomic E-state index is 13.9. The summed E-state index contributed by atoms with van der Waals surface area (Å²) in [7, 11) is 0. The molecule has 0 bridgehead atoms. The van der Waals surface area contributed by atoms with Gasteiger partial charge >= 0.3 is 5.97 Å². The Kier molecular flexibility index (Phi) is 8.81. The number of hydrogen-bond acceptors (Lipinski definition) is 2. The molecular weight excluding hydrogens is 411 g/mol. The van der Waals surface area contributed by atoms with Crippen molar-refractivity contribution < 1.29 is 13.9 Å². The van der Waals surface area contributed by atoms with Gasteiger partial charge in [0.05, 0.1) is 5.92 Å². The van der Waals surface area contributed by atoms with Crippen LogP contribution in [-0.4, -0.2) is 5.97 Å². The molecular formula is C30H41FO2. The number of esters is 1. The summed E-state index contributed by atoms with van der Waals surface area (Å²) in [6, 6.07) is 10.2. The van der Waals surface area contributed by atoms with E-state index in [1.165, 1.54) is 70.3 Å². The minimum absolute atomic E-state index is 0.00363. The first-order valence-electron chi connectivity index (χ1n) is 13.5. The molecule has 3 heteroatoms. The average molecular weight is 453 g/mol. The average Bonchev–Trinajstić information content (AvgIpc) is 2.84. The highest BCUT2D eigenvalue weighted by Crippen LogP contribution is 2.42.